The summed E-state index contributed by atoms with van der Waals surface area (Å²) in [7, 11) is 1.60. The van der Waals surface area contributed by atoms with Crippen LogP contribution in [0.4, 0.5) is 0 Å². The molecule has 1 aromatic heterocycles. The van der Waals surface area contributed by atoms with Crippen LogP contribution in [0.5, 0.6) is 0 Å². The predicted octanol–water partition coefficient (Wildman–Crippen LogP) is 1.13. The fourth-order valence-electron chi connectivity index (χ4n) is 2.50. The van der Waals surface area contributed by atoms with Crippen LogP contribution >= 0.6 is 11.8 Å². The molecule has 1 aliphatic heterocycles. The summed E-state index contributed by atoms with van der Waals surface area (Å²) in [5.74, 6) is -0.0651. The van der Waals surface area contributed by atoms with Crippen molar-refractivity contribution in [1.29, 1.82) is 0 Å². The monoisotopic (exact) mass is 337 g/mol. The summed E-state index contributed by atoms with van der Waals surface area (Å²) in [5, 5.41) is 3.87. The average Bonchev–Trinajstić information content (AvgIpc) is 3.40. The van der Waals surface area contributed by atoms with E-state index in [-0.39, 0.29) is 5.91 Å². The highest BCUT2D eigenvalue weighted by molar-refractivity contribution is 8.01. The molecule has 2 fully saturated rings. The first-order chi connectivity index (χ1) is 11.2. The molecule has 2 heterocycles. The van der Waals surface area contributed by atoms with Gasteiger partial charge >= 0.3 is 0 Å². The van der Waals surface area contributed by atoms with E-state index in [4.69, 9.17) is 9.47 Å². The summed E-state index contributed by atoms with van der Waals surface area (Å²) in [4.78, 5) is 18.4. The van der Waals surface area contributed by atoms with Crippen LogP contribution in [0.15, 0.2) is 29.4 Å². The maximum absolute atomic E-state index is 12.9. The lowest BCUT2D eigenvalue weighted by molar-refractivity contribution is -0.136. The summed E-state index contributed by atoms with van der Waals surface area (Å²) in [6, 6.07) is 5.99. The molecular weight excluding hydrogens is 314 g/mol. The number of ether oxygens (including phenoxy) is 2. The molecule has 23 heavy (non-hydrogen) atoms. The molecule has 1 atom stereocenters. The molecule has 0 aromatic carbocycles. The second-order valence-electron chi connectivity index (χ2n) is 5.86. The molecule has 1 amide bonds. The minimum Gasteiger partial charge on any atom is -0.379 e. The maximum Gasteiger partial charge on any atom is 0.264 e. The molecule has 1 saturated carbocycles. The molecular formula is C16H23N3O3S. The number of nitrogens with one attached hydrogen (secondary N) is 1. The number of morpholine rings is 1. The van der Waals surface area contributed by atoms with Gasteiger partial charge in [-0.2, -0.15) is 0 Å². The minimum atomic E-state index is -0.992. The van der Waals surface area contributed by atoms with E-state index in [1.165, 1.54) is 11.8 Å². The Balaban J connectivity index is 1.77. The Hall–Kier alpha value is -1.15. The first kappa shape index (κ1) is 16.7. The van der Waals surface area contributed by atoms with E-state index in [0.29, 0.717) is 25.8 Å². The van der Waals surface area contributed by atoms with Crippen molar-refractivity contribution in [2.45, 2.75) is 28.8 Å². The number of carbonyl (C=O) groups is 1. The van der Waals surface area contributed by atoms with E-state index < -0.39 is 4.93 Å². The summed E-state index contributed by atoms with van der Waals surface area (Å²) in [6.07, 6.45) is 3.84. The van der Waals surface area contributed by atoms with Crippen LogP contribution in [0.3, 0.4) is 0 Å². The molecule has 126 valence electrons. The van der Waals surface area contributed by atoms with Crippen molar-refractivity contribution >= 4 is 17.7 Å². The smallest absolute Gasteiger partial charge is 0.264 e. The summed E-state index contributed by atoms with van der Waals surface area (Å²) in [6.45, 7) is 3.53. The maximum atomic E-state index is 12.9. The molecule has 1 N–H and O–H groups in total. The lowest BCUT2D eigenvalue weighted by atomic mass is 10.2. The van der Waals surface area contributed by atoms with E-state index in [1.54, 1.807) is 13.3 Å². The third kappa shape index (κ3) is 4.44. The van der Waals surface area contributed by atoms with Crippen molar-refractivity contribution in [3.8, 4) is 0 Å². The molecule has 1 unspecified atom stereocenters. The molecule has 0 bridgehead atoms. The SMILES string of the molecule is COC(CN1CCOCC1)(Sc1ccccn1)C(=O)NC1CC1. The molecule has 3 rings (SSSR count). The Kier molecular flexibility index (Phi) is 5.53. The number of pyridine rings is 1. The first-order valence-corrected chi connectivity index (χ1v) is 8.80. The first-order valence-electron chi connectivity index (χ1n) is 7.98. The average molecular weight is 337 g/mol. The van der Waals surface area contributed by atoms with Crippen LogP contribution in [0.1, 0.15) is 12.8 Å². The van der Waals surface area contributed by atoms with Crippen molar-refractivity contribution in [1.82, 2.24) is 15.2 Å². The highest BCUT2D eigenvalue weighted by atomic mass is 32.2. The number of hydrogen-bond acceptors (Lipinski definition) is 6. The van der Waals surface area contributed by atoms with E-state index in [2.05, 4.69) is 15.2 Å². The molecule has 2 aliphatic rings. The number of methoxy groups -OCH3 is 1. The standard InChI is InChI=1S/C16H23N3O3S/c1-21-16(15(20)18-13-5-6-13,12-19-8-10-22-11-9-19)23-14-4-2-3-7-17-14/h2-4,7,13H,5-6,8-12H2,1H3,(H,18,20). The third-order valence-corrected chi connectivity index (χ3v) is 5.29. The van der Waals surface area contributed by atoms with Crippen LogP contribution in [0.25, 0.3) is 0 Å². The van der Waals surface area contributed by atoms with Crippen LogP contribution in [0.2, 0.25) is 0 Å². The quantitative estimate of drug-likeness (QED) is 0.594. The fraction of sp³-hybridized carbons (Fsp3) is 0.625. The predicted molar refractivity (Wildman–Crippen MR) is 88.3 cm³/mol. The molecule has 6 nitrogen and oxygen atoms in total. The van der Waals surface area contributed by atoms with Crippen LogP contribution < -0.4 is 5.32 Å². The van der Waals surface area contributed by atoms with Crippen molar-refractivity contribution in [3.05, 3.63) is 24.4 Å². The largest absolute Gasteiger partial charge is 0.379 e. The van der Waals surface area contributed by atoms with Gasteiger partial charge in [0.2, 0.25) is 4.93 Å². The molecule has 0 radical (unpaired) electrons. The van der Waals surface area contributed by atoms with Gasteiger partial charge in [0, 0.05) is 39.0 Å². The normalized spacial score (nSPS) is 21.6. The second kappa shape index (κ2) is 7.61. The molecule has 1 aromatic rings. The lowest BCUT2D eigenvalue weighted by Crippen LogP contribution is -2.55. The molecule has 1 saturated heterocycles. The van der Waals surface area contributed by atoms with E-state index in [0.717, 1.165) is 31.0 Å². The number of aromatic nitrogens is 1. The Morgan fingerprint density at radius 1 is 1.48 bits per heavy atom. The topological polar surface area (TPSA) is 63.7 Å². The van der Waals surface area contributed by atoms with Gasteiger partial charge in [0.15, 0.2) is 0 Å². The van der Waals surface area contributed by atoms with Crippen molar-refractivity contribution in [2.24, 2.45) is 0 Å². The van der Waals surface area contributed by atoms with Gasteiger partial charge < -0.3 is 14.8 Å². The number of carbonyl (C=O) groups excluding carboxylic acids is 1. The van der Waals surface area contributed by atoms with Gasteiger partial charge in [0.05, 0.1) is 18.2 Å². The van der Waals surface area contributed by atoms with Crippen LogP contribution in [-0.4, -0.2) is 66.7 Å². The van der Waals surface area contributed by atoms with Gasteiger partial charge in [-0.3, -0.25) is 9.69 Å². The van der Waals surface area contributed by atoms with Crippen molar-refractivity contribution in [2.75, 3.05) is 40.0 Å². The number of nitrogens with zero attached hydrogens (tertiary/aromatic N) is 2. The Morgan fingerprint density at radius 2 is 2.26 bits per heavy atom. The lowest BCUT2D eigenvalue weighted by Gasteiger charge is -2.36. The van der Waals surface area contributed by atoms with Gasteiger partial charge in [0.1, 0.15) is 0 Å². The van der Waals surface area contributed by atoms with Crippen molar-refractivity contribution in [3.63, 3.8) is 0 Å². The number of thioether (sulfide) groups is 1. The van der Waals surface area contributed by atoms with Crippen LogP contribution in [-0.2, 0) is 14.3 Å². The van der Waals surface area contributed by atoms with E-state index >= 15 is 0 Å². The zero-order valence-corrected chi connectivity index (χ0v) is 14.2. The molecule has 0 spiro atoms. The summed E-state index contributed by atoms with van der Waals surface area (Å²) >= 11 is 1.38. The number of hydrogen-bond donors (Lipinski definition) is 1. The van der Waals surface area contributed by atoms with E-state index in [1.807, 2.05) is 18.2 Å². The molecule has 7 heteroatoms. The molecule has 1 aliphatic carbocycles. The Bertz CT molecular complexity index is 521. The van der Waals surface area contributed by atoms with Gasteiger partial charge in [-0.25, -0.2) is 4.98 Å². The summed E-state index contributed by atoms with van der Waals surface area (Å²) in [5.41, 5.74) is 0. The van der Waals surface area contributed by atoms with Gasteiger partial charge in [0.25, 0.3) is 5.91 Å². The van der Waals surface area contributed by atoms with Crippen LogP contribution in [0, 0.1) is 0 Å². The zero-order chi connectivity index (χ0) is 16.1. The van der Waals surface area contributed by atoms with Gasteiger partial charge in [-0.05, 0) is 25.0 Å². The van der Waals surface area contributed by atoms with Gasteiger partial charge in [-0.1, -0.05) is 17.8 Å². The zero-order valence-electron chi connectivity index (χ0n) is 13.4. The van der Waals surface area contributed by atoms with Gasteiger partial charge in [-0.15, -0.1) is 0 Å². The van der Waals surface area contributed by atoms with E-state index in [9.17, 15) is 4.79 Å². The number of amides is 1. The Morgan fingerprint density at radius 3 is 2.87 bits per heavy atom. The third-order valence-electron chi connectivity index (χ3n) is 4.03. The van der Waals surface area contributed by atoms with Crippen molar-refractivity contribution < 1.29 is 14.3 Å². The minimum absolute atomic E-state index is 0.0651. The highest BCUT2D eigenvalue weighted by Gasteiger charge is 2.44. The second-order valence-corrected chi connectivity index (χ2v) is 7.15. The number of rotatable bonds is 7. The fourth-order valence-corrected chi connectivity index (χ4v) is 3.58. The Labute approximate surface area is 140 Å². The highest BCUT2D eigenvalue weighted by Crippen LogP contribution is 2.35. The summed E-state index contributed by atoms with van der Waals surface area (Å²) < 4.78 is 11.2.